The van der Waals surface area contributed by atoms with Gasteiger partial charge in [0.05, 0.1) is 18.7 Å². The fourth-order valence-electron chi connectivity index (χ4n) is 3.27. The van der Waals surface area contributed by atoms with Gasteiger partial charge in [0.25, 0.3) is 0 Å². The molecule has 0 radical (unpaired) electrons. The van der Waals surface area contributed by atoms with Crippen LogP contribution in [0.1, 0.15) is 36.6 Å². The number of hydrogen-bond acceptors (Lipinski definition) is 4. The highest BCUT2D eigenvalue weighted by molar-refractivity contribution is 5.95. The van der Waals surface area contributed by atoms with Crippen molar-refractivity contribution in [2.45, 2.75) is 33.7 Å². The molecule has 0 aromatic heterocycles. The van der Waals surface area contributed by atoms with Crippen LogP contribution >= 0.6 is 0 Å². The van der Waals surface area contributed by atoms with Crippen LogP contribution in [0.3, 0.4) is 0 Å². The van der Waals surface area contributed by atoms with Crippen LogP contribution in [-0.2, 0) is 9.53 Å². The lowest BCUT2D eigenvalue weighted by Crippen LogP contribution is -2.47. The number of aryl methyl sites for hydroxylation is 2. The maximum absolute atomic E-state index is 12.4. The van der Waals surface area contributed by atoms with Crippen LogP contribution in [-0.4, -0.2) is 19.1 Å². The molecule has 0 spiro atoms. The number of allylic oxidation sites excluding steroid dienone is 1. The standard InChI is InChI=1S/C23H26N2O4/c1-13(2)20-19(22(26)28-5)21(25-23(27)24-20)16-7-10-17(11-8-16)29-18-9-6-14(3)15(4)12-18/h6-13,21H,1-5H3,(H2,24,25,27). The highest BCUT2D eigenvalue weighted by Crippen LogP contribution is 2.32. The molecule has 2 aromatic rings. The van der Waals surface area contributed by atoms with Gasteiger partial charge in [-0.1, -0.05) is 32.0 Å². The number of ether oxygens (including phenoxy) is 2. The molecule has 0 fully saturated rings. The molecule has 2 N–H and O–H groups in total. The normalized spacial score (nSPS) is 16.3. The number of amides is 2. The smallest absolute Gasteiger partial charge is 0.337 e. The third kappa shape index (κ3) is 4.42. The van der Waals surface area contributed by atoms with Crippen LogP contribution in [0.25, 0.3) is 0 Å². The summed E-state index contributed by atoms with van der Waals surface area (Å²) in [6, 6.07) is 12.3. The maximum Gasteiger partial charge on any atom is 0.337 e. The number of nitrogens with one attached hydrogen (secondary N) is 2. The van der Waals surface area contributed by atoms with Gasteiger partial charge in [-0.15, -0.1) is 0 Å². The molecule has 0 saturated heterocycles. The van der Waals surface area contributed by atoms with E-state index in [9.17, 15) is 9.59 Å². The molecule has 1 unspecified atom stereocenters. The minimum Gasteiger partial charge on any atom is -0.466 e. The van der Waals surface area contributed by atoms with Crippen LogP contribution < -0.4 is 15.4 Å². The van der Waals surface area contributed by atoms with Crippen molar-refractivity contribution in [1.82, 2.24) is 10.6 Å². The maximum atomic E-state index is 12.4. The van der Waals surface area contributed by atoms with Gasteiger partial charge < -0.3 is 20.1 Å². The van der Waals surface area contributed by atoms with Crippen molar-refractivity contribution < 1.29 is 19.1 Å². The van der Waals surface area contributed by atoms with E-state index >= 15 is 0 Å². The lowest BCUT2D eigenvalue weighted by molar-refractivity contribution is -0.136. The van der Waals surface area contributed by atoms with E-state index in [1.54, 1.807) is 0 Å². The third-order valence-corrected chi connectivity index (χ3v) is 5.01. The average molecular weight is 394 g/mol. The summed E-state index contributed by atoms with van der Waals surface area (Å²) in [5.74, 6) is 0.921. The summed E-state index contributed by atoms with van der Waals surface area (Å²) in [5, 5.41) is 5.55. The van der Waals surface area contributed by atoms with Gasteiger partial charge in [-0.25, -0.2) is 9.59 Å². The van der Waals surface area contributed by atoms with Crippen molar-refractivity contribution in [3.8, 4) is 11.5 Å². The molecule has 1 atom stereocenters. The zero-order chi connectivity index (χ0) is 21.1. The van der Waals surface area contributed by atoms with E-state index in [0.29, 0.717) is 17.0 Å². The highest BCUT2D eigenvalue weighted by atomic mass is 16.5. The lowest BCUT2D eigenvalue weighted by atomic mass is 9.91. The minimum atomic E-state index is -0.593. The second-order valence-corrected chi connectivity index (χ2v) is 7.42. The van der Waals surface area contributed by atoms with Crippen molar-refractivity contribution >= 4 is 12.0 Å². The van der Waals surface area contributed by atoms with Crippen molar-refractivity contribution in [2.75, 3.05) is 7.11 Å². The predicted octanol–water partition coefficient (Wildman–Crippen LogP) is 4.53. The van der Waals surface area contributed by atoms with Crippen molar-refractivity contribution in [1.29, 1.82) is 0 Å². The Morgan fingerprint density at radius 3 is 2.24 bits per heavy atom. The van der Waals surface area contributed by atoms with E-state index in [-0.39, 0.29) is 11.9 Å². The first-order chi connectivity index (χ1) is 13.8. The number of methoxy groups -OCH3 is 1. The van der Waals surface area contributed by atoms with Crippen LogP contribution in [0.4, 0.5) is 4.79 Å². The number of esters is 1. The first-order valence-corrected chi connectivity index (χ1v) is 9.55. The van der Waals surface area contributed by atoms with Gasteiger partial charge in [0.2, 0.25) is 0 Å². The molecule has 3 rings (SSSR count). The van der Waals surface area contributed by atoms with E-state index in [0.717, 1.165) is 16.9 Å². The highest BCUT2D eigenvalue weighted by Gasteiger charge is 2.34. The molecular formula is C23H26N2O4. The summed E-state index contributed by atoms with van der Waals surface area (Å²) in [6.45, 7) is 7.93. The number of hydrogen-bond donors (Lipinski definition) is 2. The van der Waals surface area contributed by atoms with Crippen molar-refractivity contribution in [3.05, 3.63) is 70.4 Å². The van der Waals surface area contributed by atoms with E-state index in [1.807, 2.05) is 63.2 Å². The second-order valence-electron chi connectivity index (χ2n) is 7.42. The first-order valence-electron chi connectivity index (χ1n) is 9.55. The molecule has 29 heavy (non-hydrogen) atoms. The van der Waals surface area contributed by atoms with Crippen molar-refractivity contribution in [3.63, 3.8) is 0 Å². The molecule has 2 aromatic carbocycles. The SMILES string of the molecule is COC(=O)C1=C(C(C)C)NC(=O)NC1c1ccc(Oc2ccc(C)c(C)c2)cc1. The molecule has 1 aliphatic heterocycles. The number of carbonyl (C=O) groups excluding carboxylic acids is 2. The fourth-order valence-corrected chi connectivity index (χ4v) is 3.27. The number of benzene rings is 2. The first kappa shape index (κ1) is 20.5. The Kier molecular flexibility index (Phi) is 5.92. The summed E-state index contributed by atoms with van der Waals surface area (Å²) in [4.78, 5) is 24.6. The zero-order valence-corrected chi connectivity index (χ0v) is 17.3. The average Bonchev–Trinajstić information content (AvgIpc) is 2.70. The van der Waals surface area contributed by atoms with Gasteiger partial charge in [-0.3, -0.25) is 0 Å². The molecule has 0 saturated carbocycles. The Labute approximate surface area is 170 Å². The summed E-state index contributed by atoms with van der Waals surface area (Å²) in [7, 11) is 1.33. The Morgan fingerprint density at radius 1 is 1.00 bits per heavy atom. The van der Waals surface area contributed by atoms with Crippen LogP contribution in [0.15, 0.2) is 53.7 Å². The Balaban J connectivity index is 1.90. The fraction of sp³-hybridized carbons (Fsp3) is 0.304. The zero-order valence-electron chi connectivity index (χ0n) is 17.3. The molecule has 6 heteroatoms. The van der Waals surface area contributed by atoms with E-state index in [4.69, 9.17) is 9.47 Å². The summed E-state index contributed by atoms with van der Waals surface area (Å²) in [6.07, 6.45) is 0. The second kappa shape index (κ2) is 8.39. The van der Waals surface area contributed by atoms with Crippen LogP contribution in [0.2, 0.25) is 0 Å². The molecule has 6 nitrogen and oxygen atoms in total. The summed E-state index contributed by atoms with van der Waals surface area (Å²) < 4.78 is 10.9. The van der Waals surface area contributed by atoms with E-state index < -0.39 is 12.0 Å². The van der Waals surface area contributed by atoms with Gasteiger partial charge in [0.15, 0.2) is 0 Å². The quantitative estimate of drug-likeness (QED) is 0.731. The molecule has 0 aliphatic carbocycles. The number of rotatable bonds is 5. The van der Waals surface area contributed by atoms with Gasteiger partial charge in [0, 0.05) is 5.70 Å². The number of urea groups is 1. The Bertz CT molecular complexity index is 961. The topological polar surface area (TPSA) is 76.7 Å². The molecule has 0 bridgehead atoms. The summed E-state index contributed by atoms with van der Waals surface area (Å²) >= 11 is 0. The van der Waals surface area contributed by atoms with Gasteiger partial charge >= 0.3 is 12.0 Å². The van der Waals surface area contributed by atoms with Crippen LogP contribution in [0, 0.1) is 19.8 Å². The Hall–Kier alpha value is -3.28. The van der Waals surface area contributed by atoms with Crippen molar-refractivity contribution in [2.24, 2.45) is 5.92 Å². The van der Waals surface area contributed by atoms with E-state index in [2.05, 4.69) is 17.6 Å². The summed E-state index contributed by atoms with van der Waals surface area (Å²) in [5.41, 5.74) is 4.11. The molecule has 1 heterocycles. The molecular weight excluding hydrogens is 368 g/mol. The molecule has 2 amide bonds. The number of carbonyl (C=O) groups is 2. The van der Waals surface area contributed by atoms with Crippen LogP contribution in [0.5, 0.6) is 11.5 Å². The largest absolute Gasteiger partial charge is 0.466 e. The minimum absolute atomic E-state index is 0.0370. The predicted molar refractivity (Wildman–Crippen MR) is 111 cm³/mol. The Morgan fingerprint density at radius 2 is 1.66 bits per heavy atom. The lowest BCUT2D eigenvalue weighted by Gasteiger charge is -2.30. The molecule has 152 valence electrons. The van der Waals surface area contributed by atoms with Gasteiger partial charge in [-0.2, -0.15) is 0 Å². The van der Waals surface area contributed by atoms with E-state index in [1.165, 1.54) is 12.7 Å². The van der Waals surface area contributed by atoms with Gasteiger partial charge in [-0.05, 0) is 60.7 Å². The molecule has 1 aliphatic rings. The van der Waals surface area contributed by atoms with Gasteiger partial charge in [0.1, 0.15) is 11.5 Å². The third-order valence-electron chi connectivity index (χ3n) is 5.01. The monoisotopic (exact) mass is 394 g/mol.